The van der Waals surface area contributed by atoms with Crippen LogP contribution in [0.4, 0.5) is 0 Å². The van der Waals surface area contributed by atoms with Crippen molar-refractivity contribution in [1.29, 1.82) is 0 Å². The molecule has 3 N–H and O–H groups in total. The molecule has 1 heterocycles. The molecule has 2 aromatic rings. The SMILES string of the molecule is Cc1cccc2c(=O)n(CC(=O)NNC(=S)NC(C)C)cnc12. The molecule has 0 saturated heterocycles. The van der Waals surface area contributed by atoms with Crippen molar-refractivity contribution >= 4 is 34.1 Å². The van der Waals surface area contributed by atoms with E-state index in [2.05, 4.69) is 21.2 Å². The van der Waals surface area contributed by atoms with Gasteiger partial charge in [0.05, 0.1) is 17.2 Å². The van der Waals surface area contributed by atoms with Gasteiger partial charge in [-0.2, -0.15) is 0 Å². The Morgan fingerprint density at radius 3 is 2.78 bits per heavy atom. The summed E-state index contributed by atoms with van der Waals surface area (Å²) in [6, 6.07) is 5.54. The summed E-state index contributed by atoms with van der Waals surface area (Å²) in [5, 5.41) is 3.73. The Morgan fingerprint density at radius 1 is 1.35 bits per heavy atom. The first-order valence-corrected chi connectivity index (χ1v) is 7.59. The number of para-hydroxylation sites is 1. The summed E-state index contributed by atoms with van der Waals surface area (Å²) in [4.78, 5) is 28.5. The number of hydrogen-bond donors (Lipinski definition) is 3. The normalized spacial score (nSPS) is 10.6. The van der Waals surface area contributed by atoms with Crippen LogP contribution < -0.4 is 21.7 Å². The molecule has 8 heteroatoms. The van der Waals surface area contributed by atoms with Gasteiger partial charge in [0.15, 0.2) is 5.11 Å². The summed E-state index contributed by atoms with van der Waals surface area (Å²) in [5.74, 6) is -0.395. The first-order chi connectivity index (χ1) is 10.9. The van der Waals surface area contributed by atoms with Crippen molar-refractivity contribution < 1.29 is 4.79 Å². The highest BCUT2D eigenvalue weighted by Gasteiger charge is 2.09. The smallest absolute Gasteiger partial charge is 0.261 e. The van der Waals surface area contributed by atoms with Crippen LogP contribution in [0.2, 0.25) is 0 Å². The molecule has 23 heavy (non-hydrogen) atoms. The van der Waals surface area contributed by atoms with Crippen molar-refractivity contribution in [2.45, 2.75) is 33.4 Å². The second-order valence-electron chi connectivity index (χ2n) is 5.45. The van der Waals surface area contributed by atoms with Crippen molar-refractivity contribution in [3.8, 4) is 0 Å². The molecule has 0 atom stereocenters. The van der Waals surface area contributed by atoms with E-state index in [0.29, 0.717) is 16.0 Å². The molecule has 0 unspecified atom stereocenters. The van der Waals surface area contributed by atoms with Gasteiger partial charge in [-0.05, 0) is 44.6 Å². The third kappa shape index (κ3) is 4.26. The Morgan fingerprint density at radius 2 is 2.09 bits per heavy atom. The molecule has 0 bridgehead atoms. The van der Waals surface area contributed by atoms with Crippen LogP contribution in [0, 0.1) is 6.92 Å². The van der Waals surface area contributed by atoms with Gasteiger partial charge in [-0.15, -0.1) is 0 Å². The molecule has 122 valence electrons. The number of rotatable bonds is 3. The number of carbonyl (C=O) groups is 1. The van der Waals surface area contributed by atoms with Gasteiger partial charge in [0, 0.05) is 6.04 Å². The van der Waals surface area contributed by atoms with Crippen LogP contribution in [-0.2, 0) is 11.3 Å². The molecule has 0 fully saturated rings. The number of benzene rings is 1. The number of aromatic nitrogens is 2. The third-order valence-electron chi connectivity index (χ3n) is 3.10. The number of amides is 1. The molecule has 0 aliphatic heterocycles. The average molecular weight is 333 g/mol. The van der Waals surface area contributed by atoms with E-state index in [0.717, 1.165) is 5.56 Å². The molecule has 0 radical (unpaired) electrons. The molecule has 1 amide bonds. The van der Waals surface area contributed by atoms with E-state index in [-0.39, 0.29) is 18.1 Å². The number of thiocarbonyl (C=S) groups is 1. The zero-order valence-electron chi connectivity index (χ0n) is 13.2. The van der Waals surface area contributed by atoms with Crippen LogP contribution in [0.15, 0.2) is 29.3 Å². The van der Waals surface area contributed by atoms with Gasteiger partial charge >= 0.3 is 0 Å². The summed E-state index contributed by atoms with van der Waals surface area (Å²) in [7, 11) is 0. The minimum atomic E-state index is -0.395. The van der Waals surface area contributed by atoms with E-state index < -0.39 is 5.91 Å². The first kappa shape index (κ1) is 16.9. The molecule has 0 saturated carbocycles. The zero-order chi connectivity index (χ0) is 17.0. The monoisotopic (exact) mass is 333 g/mol. The number of carbonyl (C=O) groups excluding carboxylic acids is 1. The highest BCUT2D eigenvalue weighted by Crippen LogP contribution is 2.10. The number of nitrogens with one attached hydrogen (secondary N) is 3. The average Bonchev–Trinajstić information content (AvgIpc) is 2.48. The van der Waals surface area contributed by atoms with Gasteiger partial charge in [0.25, 0.3) is 11.5 Å². The molecule has 2 rings (SSSR count). The van der Waals surface area contributed by atoms with Gasteiger partial charge < -0.3 is 5.32 Å². The summed E-state index contributed by atoms with van der Waals surface area (Å²) < 4.78 is 1.26. The number of aryl methyl sites for hydroxylation is 1. The van der Waals surface area contributed by atoms with Crippen molar-refractivity contribution in [1.82, 2.24) is 25.7 Å². The van der Waals surface area contributed by atoms with Crippen molar-refractivity contribution in [2.75, 3.05) is 0 Å². The molecule has 1 aromatic carbocycles. The van der Waals surface area contributed by atoms with Crippen LogP contribution in [0.3, 0.4) is 0 Å². The van der Waals surface area contributed by atoms with Crippen LogP contribution >= 0.6 is 12.2 Å². The summed E-state index contributed by atoms with van der Waals surface area (Å²) in [6.45, 7) is 5.60. The summed E-state index contributed by atoms with van der Waals surface area (Å²) in [5.41, 5.74) is 6.34. The summed E-state index contributed by atoms with van der Waals surface area (Å²) in [6.07, 6.45) is 1.38. The predicted octanol–water partition coefficient (Wildman–Crippen LogP) is 0.609. The lowest BCUT2D eigenvalue weighted by Crippen LogP contribution is -2.49. The largest absolute Gasteiger partial charge is 0.359 e. The van der Waals surface area contributed by atoms with E-state index in [1.54, 1.807) is 12.1 Å². The van der Waals surface area contributed by atoms with Crippen LogP contribution in [0.5, 0.6) is 0 Å². The van der Waals surface area contributed by atoms with Gasteiger partial charge in [0.1, 0.15) is 6.54 Å². The maximum absolute atomic E-state index is 12.4. The maximum atomic E-state index is 12.4. The Balaban J connectivity index is 2.07. The Hall–Kier alpha value is -2.48. The fourth-order valence-corrected chi connectivity index (χ4v) is 2.36. The first-order valence-electron chi connectivity index (χ1n) is 7.18. The Bertz CT molecular complexity index is 800. The topological polar surface area (TPSA) is 88.0 Å². The predicted molar refractivity (Wildman–Crippen MR) is 92.9 cm³/mol. The van der Waals surface area contributed by atoms with E-state index in [1.807, 2.05) is 26.8 Å². The number of hydrazine groups is 1. The fraction of sp³-hybridized carbons (Fsp3) is 0.333. The quantitative estimate of drug-likeness (QED) is 0.563. The van der Waals surface area contributed by atoms with Crippen molar-refractivity contribution in [2.24, 2.45) is 0 Å². The Labute approximate surface area is 139 Å². The molecular formula is C15H19N5O2S. The van der Waals surface area contributed by atoms with Crippen molar-refractivity contribution in [3.63, 3.8) is 0 Å². The second-order valence-corrected chi connectivity index (χ2v) is 5.86. The lowest BCUT2D eigenvalue weighted by atomic mass is 10.1. The van der Waals surface area contributed by atoms with Gasteiger partial charge in [-0.25, -0.2) is 4.98 Å². The van der Waals surface area contributed by atoms with Crippen LogP contribution in [0.1, 0.15) is 19.4 Å². The lowest BCUT2D eigenvalue weighted by molar-refractivity contribution is -0.122. The number of hydrogen-bond acceptors (Lipinski definition) is 4. The molecule has 7 nitrogen and oxygen atoms in total. The maximum Gasteiger partial charge on any atom is 0.261 e. The highest BCUT2D eigenvalue weighted by molar-refractivity contribution is 7.80. The van der Waals surface area contributed by atoms with Gasteiger partial charge in [0.2, 0.25) is 0 Å². The van der Waals surface area contributed by atoms with Gasteiger partial charge in [-0.1, -0.05) is 12.1 Å². The standard InChI is InChI=1S/C15H19N5O2S/c1-9(2)17-15(23)19-18-12(21)7-20-8-16-13-10(3)5-4-6-11(13)14(20)22/h4-6,8-9H,7H2,1-3H3,(H,18,21)(H2,17,19,23). The molecule has 1 aromatic heterocycles. The minimum absolute atomic E-state index is 0.146. The lowest BCUT2D eigenvalue weighted by Gasteiger charge is -2.14. The van der Waals surface area contributed by atoms with Crippen molar-refractivity contribution in [3.05, 3.63) is 40.4 Å². The molecular weight excluding hydrogens is 314 g/mol. The van der Waals surface area contributed by atoms with E-state index in [4.69, 9.17) is 12.2 Å². The third-order valence-corrected chi connectivity index (χ3v) is 3.32. The number of fused-ring (bicyclic) bond motifs is 1. The Kier molecular flexibility index (Phi) is 5.28. The highest BCUT2D eigenvalue weighted by atomic mass is 32.1. The van der Waals surface area contributed by atoms with E-state index in [1.165, 1.54) is 10.9 Å². The molecule has 0 aliphatic carbocycles. The minimum Gasteiger partial charge on any atom is -0.359 e. The molecule has 0 spiro atoms. The van der Waals surface area contributed by atoms with E-state index in [9.17, 15) is 9.59 Å². The number of nitrogens with zero attached hydrogens (tertiary/aromatic N) is 2. The zero-order valence-corrected chi connectivity index (χ0v) is 14.0. The molecule has 0 aliphatic rings. The fourth-order valence-electron chi connectivity index (χ4n) is 2.07. The van der Waals surface area contributed by atoms with Crippen LogP contribution in [0.25, 0.3) is 10.9 Å². The van der Waals surface area contributed by atoms with Crippen LogP contribution in [-0.4, -0.2) is 26.6 Å². The second kappa shape index (κ2) is 7.19. The van der Waals surface area contributed by atoms with Gasteiger partial charge in [-0.3, -0.25) is 25.0 Å². The van der Waals surface area contributed by atoms with E-state index >= 15 is 0 Å². The summed E-state index contributed by atoms with van der Waals surface area (Å²) >= 11 is 5.00.